The molecule has 1 N–H and O–H groups in total. The zero-order valence-electron chi connectivity index (χ0n) is 16.9. The minimum absolute atomic E-state index is 0.0849. The van der Waals surface area contributed by atoms with Gasteiger partial charge in [-0.1, -0.05) is 29.8 Å². The van der Waals surface area contributed by atoms with E-state index >= 15 is 0 Å². The maximum atomic E-state index is 13.4. The number of hydrogen-bond acceptors (Lipinski definition) is 3. The van der Waals surface area contributed by atoms with E-state index in [2.05, 4.69) is 21.0 Å². The van der Waals surface area contributed by atoms with Crippen LogP contribution < -0.4 is 0 Å². The van der Waals surface area contributed by atoms with E-state index in [-0.39, 0.29) is 23.9 Å². The van der Waals surface area contributed by atoms with Gasteiger partial charge < -0.3 is 10.0 Å². The molecule has 0 spiro atoms. The standard InChI is InChI=1S/C22H21BrClF2N3O2/c1-12-13-4-3-5-16(22(2,31)21(25)26)14(13)7-9-28(12)19(30)10-15-18-6-8-27-29(18)11-17(23)20(15)24/h3-6,8,11-12,21,31H,7,9-10H2,1-2H3/t12-,22?/m0/s1. The summed E-state index contributed by atoms with van der Waals surface area (Å²) >= 11 is 9.88. The zero-order chi connectivity index (χ0) is 22.5. The van der Waals surface area contributed by atoms with E-state index in [1.165, 1.54) is 6.07 Å². The Hall–Kier alpha value is -2.03. The molecule has 0 fully saturated rings. The molecule has 5 nitrogen and oxygen atoms in total. The quantitative estimate of drug-likeness (QED) is 0.540. The zero-order valence-corrected chi connectivity index (χ0v) is 19.3. The van der Waals surface area contributed by atoms with Crippen LogP contribution in [-0.4, -0.2) is 38.5 Å². The van der Waals surface area contributed by atoms with E-state index in [1.54, 1.807) is 33.9 Å². The summed E-state index contributed by atoms with van der Waals surface area (Å²) in [6.45, 7) is 3.36. The lowest BCUT2D eigenvalue weighted by Gasteiger charge is -2.38. The van der Waals surface area contributed by atoms with Gasteiger partial charge in [0.25, 0.3) is 6.43 Å². The lowest BCUT2D eigenvalue weighted by atomic mass is 9.83. The van der Waals surface area contributed by atoms with Gasteiger partial charge in [-0.3, -0.25) is 4.79 Å². The van der Waals surface area contributed by atoms with Crippen LogP contribution in [0.15, 0.2) is 41.1 Å². The molecule has 2 aromatic heterocycles. The largest absolute Gasteiger partial charge is 0.379 e. The topological polar surface area (TPSA) is 57.8 Å². The number of amides is 1. The summed E-state index contributed by atoms with van der Waals surface area (Å²) in [6.07, 6.45) is 0.940. The number of fused-ring (bicyclic) bond motifs is 2. The molecule has 1 unspecified atom stereocenters. The molecule has 0 radical (unpaired) electrons. The Balaban J connectivity index is 1.65. The van der Waals surface area contributed by atoms with Crippen LogP contribution in [0.2, 0.25) is 5.02 Å². The van der Waals surface area contributed by atoms with Crippen LogP contribution in [0.5, 0.6) is 0 Å². The summed E-state index contributed by atoms with van der Waals surface area (Å²) in [5.74, 6) is -0.118. The Kier molecular flexibility index (Phi) is 5.83. The number of pyridine rings is 1. The normalized spacial score (nSPS) is 18.3. The third-order valence-electron chi connectivity index (χ3n) is 6.04. The van der Waals surface area contributed by atoms with Crippen LogP contribution in [-0.2, 0) is 23.2 Å². The van der Waals surface area contributed by atoms with Gasteiger partial charge in [0.1, 0.15) is 5.60 Å². The molecule has 1 aliphatic heterocycles. The molecule has 0 saturated heterocycles. The molecule has 31 heavy (non-hydrogen) atoms. The Labute approximate surface area is 191 Å². The number of halogens is 4. The first-order chi connectivity index (χ1) is 14.6. The van der Waals surface area contributed by atoms with Crippen LogP contribution >= 0.6 is 27.5 Å². The van der Waals surface area contributed by atoms with E-state index in [4.69, 9.17) is 11.6 Å². The van der Waals surface area contributed by atoms with Crippen molar-refractivity contribution in [3.05, 3.63) is 68.4 Å². The summed E-state index contributed by atoms with van der Waals surface area (Å²) < 4.78 is 29.2. The average Bonchev–Trinajstić information content (AvgIpc) is 3.19. The fourth-order valence-electron chi connectivity index (χ4n) is 4.30. The van der Waals surface area contributed by atoms with Crippen molar-refractivity contribution in [2.45, 2.75) is 44.8 Å². The molecule has 0 saturated carbocycles. The molecule has 0 aliphatic carbocycles. The monoisotopic (exact) mass is 511 g/mol. The van der Waals surface area contributed by atoms with Gasteiger partial charge in [-0.05, 0) is 59.0 Å². The number of nitrogens with zero attached hydrogens (tertiary/aromatic N) is 3. The lowest BCUT2D eigenvalue weighted by molar-refractivity contribution is -0.133. The molecule has 4 rings (SSSR count). The third kappa shape index (κ3) is 3.75. The first-order valence-electron chi connectivity index (χ1n) is 9.85. The fourth-order valence-corrected chi connectivity index (χ4v) is 4.94. The summed E-state index contributed by atoms with van der Waals surface area (Å²) in [7, 11) is 0. The number of rotatable bonds is 4. The number of carbonyl (C=O) groups excluding carboxylic acids is 1. The molecule has 1 aromatic carbocycles. The smallest absolute Gasteiger partial charge is 0.270 e. The van der Waals surface area contributed by atoms with Crippen molar-refractivity contribution in [2.24, 2.45) is 0 Å². The second kappa shape index (κ2) is 8.15. The number of alkyl halides is 2. The number of aliphatic hydroxyl groups is 1. The number of hydrogen-bond donors (Lipinski definition) is 1. The molecule has 0 bridgehead atoms. The number of benzene rings is 1. The second-order valence-electron chi connectivity index (χ2n) is 7.94. The molecule has 3 aromatic rings. The summed E-state index contributed by atoms with van der Waals surface area (Å²) in [6, 6.07) is 6.49. The van der Waals surface area contributed by atoms with Gasteiger partial charge in [-0.15, -0.1) is 0 Å². The molecule has 9 heteroatoms. The van der Waals surface area contributed by atoms with Gasteiger partial charge in [0.15, 0.2) is 0 Å². The van der Waals surface area contributed by atoms with Crippen molar-refractivity contribution in [1.82, 2.24) is 14.5 Å². The van der Waals surface area contributed by atoms with Gasteiger partial charge in [-0.2, -0.15) is 5.10 Å². The predicted octanol–water partition coefficient (Wildman–Crippen LogP) is 4.91. The van der Waals surface area contributed by atoms with E-state index in [0.717, 1.165) is 18.0 Å². The van der Waals surface area contributed by atoms with Gasteiger partial charge in [0.05, 0.1) is 27.5 Å². The maximum absolute atomic E-state index is 13.4. The average molecular weight is 513 g/mol. The Morgan fingerprint density at radius 2 is 2.16 bits per heavy atom. The minimum atomic E-state index is -2.91. The van der Waals surface area contributed by atoms with Crippen LogP contribution in [0.4, 0.5) is 8.78 Å². The van der Waals surface area contributed by atoms with Crippen LogP contribution in [0.1, 0.15) is 42.1 Å². The summed E-state index contributed by atoms with van der Waals surface area (Å²) in [5.41, 5.74) is 0.855. The third-order valence-corrected chi connectivity index (χ3v) is 7.30. The maximum Gasteiger partial charge on any atom is 0.270 e. The van der Waals surface area contributed by atoms with E-state index < -0.39 is 12.0 Å². The van der Waals surface area contributed by atoms with Crippen molar-refractivity contribution >= 4 is 39.0 Å². The van der Waals surface area contributed by atoms with Gasteiger partial charge >= 0.3 is 0 Å². The first-order valence-corrected chi connectivity index (χ1v) is 11.0. The van der Waals surface area contributed by atoms with E-state index in [1.807, 2.05) is 13.0 Å². The predicted molar refractivity (Wildman–Crippen MR) is 117 cm³/mol. The molecule has 2 atom stereocenters. The molecule has 1 amide bonds. The van der Waals surface area contributed by atoms with Crippen molar-refractivity contribution in [3.8, 4) is 0 Å². The minimum Gasteiger partial charge on any atom is -0.379 e. The highest BCUT2D eigenvalue weighted by atomic mass is 79.9. The van der Waals surface area contributed by atoms with Crippen LogP contribution in [0, 0.1) is 0 Å². The fraction of sp³-hybridized carbons (Fsp3) is 0.364. The van der Waals surface area contributed by atoms with Crippen LogP contribution in [0.25, 0.3) is 5.52 Å². The van der Waals surface area contributed by atoms with Crippen molar-refractivity contribution in [1.29, 1.82) is 0 Å². The molecular formula is C22H21BrClF2N3O2. The Bertz CT molecular complexity index is 1170. The summed E-state index contributed by atoms with van der Waals surface area (Å²) in [5, 5.41) is 15.0. The van der Waals surface area contributed by atoms with Gasteiger partial charge in [-0.25, -0.2) is 13.3 Å². The molecule has 1 aliphatic rings. The highest BCUT2D eigenvalue weighted by Crippen LogP contribution is 2.38. The number of aromatic nitrogens is 2. The highest BCUT2D eigenvalue weighted by molar-refractivity contribution is 9.10. The SMILES string of the molecule is C[C@H]1c2cccc(C(C)(O)C(F)F)c2CCN1C(=O)Cc1c(Cl)c(Br)cn2nccc12. The molecule has 3 heterocycles. The highest BCUT2D eigenvalue weighted by Gasteiger charge is 2.39. The Morgan fingerprint density at radius 1 is 1.42 bits per heavy atom. The van der Waals surface area contributed by atoms with Gasteiger partial charge in [0.2, 0.25) is 5.91 Å². The lowest BCUT2D eigenvalue weighted by Crippen LogP contribution is -2.41. The van der Waals surface area contributed by atoms with Crippen LogP contribution in [0.3, 0.4) is 0 Å². The van der Waals surface area contributed by atoms with E-state index in [0.29, 0.717) is 33.6 Å². The Morgan fingerprint density at radius 3 is 2.87 bits per heavy atom. The van der Waals surface area contributed by atoms with Gasteiger partial charge in [0, 0.05) is 24.5 Å². The number of carbonyl (C=O) groups is 1. The van der Waals surface area contributed by atoms with E-state index in [9.17, 15) is 18.7 Å². The molecule has 164 valence electrons. The molecular weight excluding hydrogens is 492 g/mol. The first kappa shape index (κ1) is 22.2. The van der Waals surface area contributed by atoms with Crippen molar-refractivity contribution in [2.75, 3.05) is 6.54 Å². The second-order valence-corrected chi connectivity index (χ2v) is 9.17. The summed E-state index contributed by atoms with van der Waals surface area (Å²) in [4.78, 5) is 15.0. The van der Waals surface area contributed by atoms with Crippen molar-refractivity contribution in [3.63, 3.8) is 0 Å². The van der Waals surface area contributed by atoms with Crippen molar-refractivity contribution < 1.29 is 18.7 Å².